The molecule has 1 aliphatic heterocycles. The van der Waals surface area contributed by atoms with E-state index >= 15 is 0 Å². The molecule has 0 radical (unpaired) electrons. The van der Waals surface area contributed by atoms with Crippen LogP contribution in [0.3, 0.4) is 0 Å². The Morgan fingerprint density at radius 3 is 2.66 bits per heavy atom. The molecule has 168 valence electrons. The molecule has 1 aromatic carbocycles. The number of aromatic carboxylic acids is 1. The molecule has 1 N–H and O–H groups in total. The van der Waals surface area contributed by atoms with Gasteiger partial charge in [-0.1, -0.05) is 12.1 Å². The van der Waals surface area contributed by atoms with Gasteiger partial charge in [-0.15, -0.1) is 11.3 Å². The van der Waals surface area contributed by atoms with Crippen LogP contribution in [0.2, 0.25) is 0 Å². The minimum Gasteiger partial charge on any atom is -0.478 e. The first-order valence-corrected chi connectivity index (χ1v) is 11.4. The predicted molar refractivity (Wildman–Crippen MR) is 116 cm³/mol. The number of carboxylic acid groups (broad SMARTS) is 1. The van der Waals surface area contributed by atoms with Crippen molar-refractivity contribution < 1.29 is 23.1 Å². The SMILES string of the molecule is O=C(O)c1ccc(CC2CC3(CCN(c4ncnc5sc(CC(F)(F)F)cc45)C3)C2)cc1. The van der Waals surface area contributed by atoms with Gasteiger partial charge in [0.2, 0.25) is 0 Å². The molecule has 32 heavy (non-hydrogen) atoms. The van der Waals surface area contributed by atoms with Gasteiger partial charge in [-0.3, -0.25) is 0 Å². The maximum absolute atomic E-state index is 12.8. The van der Waals surface area contributed by atoms with Crippen LogP contribution in [0.5, 0.6) is 0 Å². The minimum atomic E-state index is -4.24. The van der Waals surface area contributed by atoms with Gasteiger partial charge in [-0.2, -0.15) is 13.2 Å². The fourth-order valence-corrected chi connectivity index (χ4v) is 6.33. The third-order valence-corrected chi connectivity index (χ3v) is 7.68. The number of hydrogen-bond donors (Lipinski definition) is 1. The first kappa shape index (κ1) is 21.2. The van der Waals surface area contributed by atoms with Crippen LogP contribution in [0.25, 0.3) is 10.2 Å². The van der Waals surface area contributed by atoms with E-state index in [4.69, 9.17) is 5.11 Å². The van der Waals surface area contributed by atoms with Gasteiger partial charge in [-0.05, 0) is 60.8 Å². The van der Waals surface area contributed by atoms with Crippen molar-refractivity contribution >= 4 is 33.3 Å². The fourth-order valence-electron chi connectivity index (χ4n) is 5.30. The highest BCUT2D eigenvalue weighted by molar-refractivity contribution is 7.18. The Balaban J connectivity index is 1.24. The molecule has 0 bridgehead atoms. The Hall–Kier alpha value is -2.68. The Morgan fingerprint density at radius 1 is 1.22 bits per heavy atom. The summed E-state index contributed by atoms with van der Waals surface area (Å²) in [6.07, 6.45) is 0.453. The molecule has 1 spiro atoms. The van der Waals surface area contributed by atoms with Gasteiger partial charge in [0.15, 0.2) is 0 Å². The number of hydrogen-bond acceptors (Lipinski definition) is 5. The summed E-state index contributed by atoms with van der Waals surface area (Å²) in [6.45, 7) is 1.70. The molecule has 2 aromatic heterocycles. The van der Waals surface area contributed by atoms with Crippen LogP contribution in [-0.2, 0) is 12.8 Å². The van der Waals surface area contributed by atoms with Crippen LogP contribution in [0.4, 0.5) is 19.0 Å². The molecule has 9 heteroatoms. The Bertz CT molecular complexity index is 1150. The number of rotatable bonds is 5. The second-order valence-electron chi connectivity index (χ2n) is 9.07. The van der Waals surface area contributed by atoms with E-state index in [-0.39, 0.29) is 10.3 Å². The van der Waals surface area contributed by atoms with Gasteiger partial charge in [0, 0.05) is 18.0 Å². The molecular formula is C23H22F3N3O2S. The van der Waals surface area contributed by atoms with Gasteiger partial charge in [-0.25, -0.2) is 14.8 Å². The Morgan fingerprint density at radius 2 is 1.97 bits per heavy atom. The lowest BCUT2D eigenvalue weighted by Crippen LogP contribution is -2.40. The number of nitrogens with zero attached hydrogens (tertiary/aromatic N) is 3. The highest BCUT2D eigenvalue weighted by atomic mass is 32.1. The van der Waals surface area contributed by atoms with Crippen LogP contribution in [0.15, 0.2) is 36.7 Å². The number of thiophene rings is 1. The summed E-state index contributed by atoms with van der Waals surface area (Å²) < 4.78 is 38.4. The van der Waals surface area contributed by atoms with Gasteiger partial charge >= 0.3 is 12.1 Å². The van der Waals surface area contributed by atoms with Crippen LogP contribution in [0, 0.1) is 11.3 Å². The second-order valence-corrected chi connectivity index (χ2v) is 10.2. The van der Waals surface area contributed by atoms with E-state index in [2.05, 4.69) is 14.9 Å². The number of fused-ring (bicyclic) bond motifs is 1. The number of carboxylic acids is 1. The van der Waals surface area contributed by atoms with Crippen LogP contribution in [-0.4, -0.2) is 40.3 Å². The van der Waals surface area contributed by atoms with Crippen molar-refractivity contribution in [2.24, 2.45) is 11.3 Å². The van der Waals surface area contributed by atoms with Gasteiger partial charge in [0.1, 0.15) is 17.0 Å². The normalized spacial score (nSPS) is 23.1. The average Bonchev–Trinajstić information content (AvgIpc) is 3.30. The third-order valence-electron chi connectivity index (χ3n) is 6.64. The number of anilines is 1. The molecule has 2 fully saturated rings. The van der Waals surface area contributed by atoms with E-state index in [0.29, 0.717) is 21.7 Å². The van der Waals surface area contributed by atoms with Crippen molar-refractivity contribution in [3.63, 3.8) is 0 Å². The number of benzene rings is 1. The van der Waals surface area contributed by atoms with Crippen molar-refractivity contribution in [3.05, 3.63) is 52.7 Å². The van der Waals surface area contributed by atoms with Gasteiger partial charge in [0.25, 0.3) is 0 Å². The maximum atomic E-state index is 12.8. The third kappa shape index (κ3) is 4.18. The minimum absolute atomic E-state index is 0.230. The topological polar surface area (TPSA) is 66.3 Å². The molecule has 1 saturated heterocycles. The zero-order valence-electron chi connectivity index (χ0n) is 17.2. The quantitative estimate of drug-likeness (QED) is 0.555. The van der Waals surface area contributed by atoms with Crippen molar-refractivity contribution in [1.82, 2.24) is 9.97 Å². The molecule has 1 saturated carbocycles. The fraction of sp³-hybridized carbons (Fsp3) is 0.435. The summed E-state index contributed by atoms with van der Waals surface area (Å²) >= 11 is 1.09. The summed E-state index contributed by atoms with van der Waals surface area (Å²) in [5.74, 6) is 0.389. The molecule has 2 aliphatic rings. The second kappa shape index (κ2) is 7.72. The molecular weight excluding hydrogens is 439 g/mol. The number of carbonyl (C=O) groups is 1. The first-order chi connectivity index (χ1) is 15.2. The van der Waals surface area contributed by atoms with E-state index < -0.39 is 18.6 Å². The molecule has 5 rings (SSSR count). The Labute approximate surface area is 186 Å². The van der Waals surface area contributed by atoms with Crippen molar-refractivity contribution in [2.45, 2.75) is 38.3 Å². The van der Waals surface area contributed by atoms with Crippen molar-refractivity contribution in [2.75, 3.05) is 18.0 Å². The van der Waals surface area contributed by atoms with E-state index in [1.807, 2.05) is 12.1 Å². The van der Waals surface area contributed by atoms with Crippen LogP contribution >= 0.6 is 11.3 Å². The Kier molecular flexibility index (Phi) is 5.11. The first-order valence-electron chi connectivity index (χ1n) is 10.6. The molecule has 0 atom stereocenters. The van der Waals surface area contributed by atoms with E-state index in [1.165, 1.54) is 6.33 Å². The van der Waals surface area contributed by atoms with Crippen LogP contribution in [0.1, 0.15) is 40.1 Å². The summed E-state index contributed by atoms with van der Waals surface area (Å²) in [7, 11) is 0. The lowest BCUT2D eigenvalue weighted by Gasteiger charge is -2.45. The molecule has 5 nitrogen and oxygen atoms in total. The molecule has 0 amide bonds. The van der Waals surface area contributed by atoms with Gasteiger partial charge < -0.3 is 10.0 Å². The number of alkyl halides is 3. The monoisotopic (exact) mass is 461 g/mol. The number of aromatic nitrogens is 2. The summed E-state index contributed by atoms with van der Waals surface area (Å²) in [6, 6.07) is 8.68. The molecule has 1 aliphatic carbocycles. The zero-order chi connectivity index (χ0) is 22.5. The maximum Gasteiger partial charge on any atom is 0.393 e. The smallest absolute Gasteiger partial charge is 0.393 e. The lowest BCUT2D eigenvalue weighted by atomic mass is 9.60. The number of halogens is 3. The van der Waals surface area contributed by atoms with Gasteiger partial charge in [0.05, 0.1) is 17.4 Å². The highest BCUT2D eigenvalue weighted by Gasteiger charge is 2.48. The highest BCUT2D eigenvalue weighted by Crippen LogP contribution is 2.53. The predicted octanol–water partition coefficient (Wildman–Crippen LogP) is 5.34. The summed E-state index contributed by atoms with van der Waals surface area (Å²) in [4.78, 5) is 22.7. The lowest BCUT2D eigenvalue weighted by molar-refractivity contribution is -0.126. The molecule has 0 unspecified atom stereocenters. The van der Waals surface area contributed by atoms with E-state index in [0.717, 1.165) is 61.5 Å². The van der Waals surface area contributed by atoms with E-state index in [9.17, 15) is 18.0 Å². The molecule has 3 heterocycles. The molecule has 3 aromatic rings. The largest absolute Gasteiger partial charge is 0.478 e. The van der Waals surface area contributed by atoms with E-state index in [1.54, 1.807) is 18.2 Å². The zero-order valence-corrected chi connectivity index (χ0v) is 18.0. The van der Waals surface area contributed by atoms with Crippen molar-refractivity contribution in [3.8, 4) is 0 Å². The summed E-state index contributed by atoms with van der Waals surface area (Å²) in [5.41, 5.74) is 1.68. The standard InChI is InChI=1S/C23H22F3N3O2S/c24-23(25,26)11-17-8-18-19(27-13-28-20(18)32-17)29-6-5-22(12-29)9-15(10-22)7-14-1-3-16(4-2-14)21(30)31/h1-4,8,13,15H,5-7,9-12H2,(H,30,31). The van der Waals surface area contributed by atoms with Crippen LogP contribution < -0.4 is 4.90 Å². The summed E-state index contributed by atoms with van der Waals surface area (Å²) in [5, 5.41) is 9.74. The average molecular weight is 462 g/mol. The van der Waals surface area contributed by atoms with Crippen molar-refractivity contribution in [1.29, 1.82) is 0 Å².